The molecule has 1 amide bonds. The standard InChI is InChI=1S/C17H24N2OS/c1-9-14(18)8-15(21-9)17(20)19(2)16-12-4-10-3-11(6-12)7-13(16)5-10/h8,10-13,16H,3-7,18H2,1-2H3. The third kappa shape index (κ3) is 2.10. The van der Waals surface area contributed by atoms with Gasteiger partial charge in [-0.15, -0.1) is 11.3 Å². The molecule has 4 aliphatic rings. The van der Waals surface area contributed by atoms with E-state index in [2.05, 4.69) is 4.90 Å². The fourth-order valence-electron chi connectivity index (χ4n) is 5.44. The summed E-state index contributed by atoms with van der Waals surface area (Å²) in [6.07, 6.45) is 6.85. The number of amides is 1. The summed E-state index contributed by atoms with van der Waals surface area (Å²) in [6.45, 7) is 1.99. The quantitative estimate of drug-likeness (QED) is 0.908. The minimum absolute atomic E-state index is 0.178. The molecule has 0 saturated heterocycles. The van der Waals surface area contributed by atoms with Crippen molar-refractivity contribution in [3.63, 3.8) is 0 Å². The smallest absolute Gasteiger partial charge is 0.264 e. The molecule has 4 fully saturated rings. The fourth-order valence-corrected chi connectivity index (χ4v) is 6.36. The van der Waals surface area contributed by atoms with Gasteiger partial charge < -0.3 is 10.6 Å². The van der Waals surface area contributed by atoms with Crippen LogP contribution in [0.3, 0.4) is 0 Å². The normalized spacial score (nSPS) is 37.0. The van der Waals surface area contributed by atoms with Gasteiger partial charge in [0, 0.05) is 23.7 Å². The number of rotatable bonds is 2. The lowest BCUT2D eigenvalue weighted by atomic mass is 9.54. The summed E-state index contributed by atoms with van der Waals surface area (Å²) in [7, 11) is 2.01. The van der Waals surface area contributed by atoms with E-state index in [0.717, 1.165) is 39.1 Å². The third-order valence-electron chi connectivity index (χ3n) is 6.11. The topological polar surface area (TPSA) is 46.3 Å². The van der Waals surface area contributed by atoms with Gasteiger partial charge in [0.25, 0.3) is 5.91 Å². The van der Waals surface area contributed by atoms with Crippen LogP contribution in [-0.2, 0) is 0 Å². The van der Waals surface area contributed by atoms with Crippen molar-refractivity contribution in [2.24, 2.45) is 23.7 Å². The van der Waals surface area contributed by atoms with Crippen molar-refractivity contribution in [2.75, 3.05) is 12.8 Å². The highest BCUT2D eigenvalue weighted by Gasteiger charge is 2.50. The molecule has 1 aromatic rings. The number of carbonyl (C=O) groups is 1. The maximum Gasteiger partial charge on any atom is 0.264 e. The number of nitrogen functional groups attached to an aromatic ring is 1. The first-order chi connectivity index (χ1) is 10.0. The summed E-state index contributed by atoms with van der Waals surface area (Å²) < 4.78 is 0. The molecule has 114 valence electrons. The zero-order valence-electron chi connectivity index (χ0n) is 12.8. The Hall–Kier alpha value is -1.03. The fraction of sp³-hybridized carbons (Fsp3) is 0.706. The van der Waals surface area contributed by atoms with Crippen molar-refractivity contribution in [2.45, 2.75) is 45.1 Å². The zero-order chi connectivity index (χ0) is 14.7. The second kappa shape index (κ2) is 4.73. The number of anilines is 1. The summed E-state index contributed by atoms with van der Waals surface area (Å²) >= 11 is 1.54. The molecular weight excluding hydrogens is 280 g/mol. The Labute approximate surface area is 130 Å². The van der Waals surface area contributed by atoms with Crippen molar-refractivity contribution in [1.29, 1.82) is 0 Å². The molecule has 0 aliphatic heterocycles. The molecule has 4 saturated carbocycles. The molecule has 5 rings (SSSR count). The van der Waals surface area contributed by atoms with Crippen LogP contribution >= 0.6 is 11.3 Å². The minimum Gasteiger partial charge on any atom is -0.398 e. The van der Waals surface area contributed by atoms with E-state index in [1.165, 1.54) is 43.4 Å². The molecule has 0 radical (unpaired) electrons. The van der Waals surface area contributed by atoms with E-state index >= 15 is 0 Å². The molecule has 0 spiro atoms. The summed E-state index contributed by atoms with van der Waals surface area (Å²) in [6, 6.07) is 2.32. The molecule has 1 heterocycles. The van der Waals surface area contributed by atoms with Gasteiger partial charge in [0.15, 0.2) is 0 Å². The second-order valence-electron chi connectivity index (χ2n) is 7.46. The summed E-state index contributed by atoms with van der Waals surface area (Å²) in [4.78, 5) is 16.7. The van der Waals surface area contributed by atoms with Crippen LogP contribution in [0.15, 0.2) is 6.07 Å². The maximum absolute atomic E-state index is 12.8. The number of aryl methyl sites for hydroxylation is 1. The first kappa shape index (κ1) is 13.6. The van der Waals surface area contributed by atoms with Gasteiger partial charge in [-0.3, -0.25) is 4.79 Å². The highest BCUT2D eigenvalue weighted by atomic mass is 32.1. The van der Waals surface area contributed by atoms with Crippen LogP contribution in [0.4, 0.5) is 5.69 Å². The molecule has 1 aromatic heterocycles. The molecule has 0 unspecified atom stereocenters. The first-order valence-electron chi connectivity index (χ1n) is 8.16. The van der Waals surface area contributed by atoms with Crippen LogP contribution in [0.5, 0.6) is 0 Å². The number of hydrogen-bond acceptors (Lipinski definition) is 3. The second-order valence-corrected chi connectivity index (χ2v) is 8.72. The van der Waals surface area contributed by atoms with Crippen molar-refractivity contribution in [1.82, 2.24) is 4.90 Å². The monoisotopic (exact) mass is 304 g/mol. The number of carbonyl (C=O) groups excluding carboxylic acids is 1. The lowest BCUT2D eigenvalue weighted by Crippen LogP contribution is -2.56. The van der Waals surface area contributed by atoms with Gasteiger partial charge in [-0.1, -0.05) is 0 Å². The van der Waals surface area contributed by atoms with E-state index in [4.69, 9.17) is 5.73 Å². The van der Waals surface area contributed by atoms with Gasteiger partial charge in [-0.2, -0.15) is 0 Å². The van der Waals surface area contributed by atoms with Crippen LogP contribution in [0.25, 0.3) is 0 Å². The Kier molecular flexibility index (Phi) is 3.07. The highest BCUT2D eigenvalue weighted by molar-refractivity contribution is 7.14. The lowest BCUT2D eigenvalue weighted by Gasteiger charge is -2.56. The van der Waals surface area contributed by atoms with Crippen molar-refractivity contribution in [3.05, 3.63) is 15.8 Å². The van der Waals surface area contributed by atoms with Crippen LogP contribution in [0.1, 0.15) is 46.7 Å². The van der Waals surface area contributed by atoms with E-state index in [0.29, 0.717) is 6.04 Å². The predicted octanol–water partition coefficient (Wildman–Crippen LogP) is 3.54. The Morgan fingerprint density at radius 1 is 1.19 bits per heavy atom. The molecule has 2 N–H and O–H groups in total. The van der Waals surface area contributed by atoms with Gasteiger partial charge in [-0.05, 0) is 68.8 Å². The SMILES string of the molecule is Cc1sc(C(=O)N(C)C2C3CC4CC(C3)CC2C4)cc1N. The maximum atomic E-state index is 12.8. The molecule has 3 nitrogen and oxygen atoms in total. The van der Waals surface area contributed by atoms with E-state index in [-0.39, 0.29) is 5.91 Å². The molecule has 4 aliphatic carbocycles. The Morgan fingerprint density at radius 3 is 2.24 bits per heavy atom. The van der Waals surface area contributed by atoms with E-state index < -0.39 is 0 Å². The summed E-state index contributed by atoms with van der Waals surface area (Å²) in [5.41, 5.74) is 6.66. The lowest BCUT2D eigenvalue weighted by molar-refractivity contribution is -0.0489. The van der Waals surface area contributed by atoms with Crippen LogP contribution < -0.4 is 5.73 Å². The zero-order valence-corrected chi connectivity index (χ0v) is 13.7. The average Bonchev–Trinajstić information content (AvgIpc) is 2.76. The number of thiophene rings is 1. The minimum atomic E-state index is 0.178. The van der Waals surface area contributed by atoms with Crippen LogP contribution in [0, 0.1) is 30.6 Å². The largest absolute Gasteiger partial charge is 0.398 e. The number of nitrogens with two attached hydrogens (primary N) is 1. The van der Waals surface area contributed by atoms with Crippen LogP contribution in [0.2, 0.25) is 0 Å². The Bertz CT molecular complexity index is 532. The predicted molar refractivity (Wildman–Crippen MR) is 86.4 cm³/mol. The van der Waals surface area contributed by atoms with Crippen molar-refractivity contribution >= 4 is 22.9 Å². The van der Waals surface area contributed by atoms with Gasteiger partial charge in [0.2, 0.25) is 0 Å². The van der Waals surface area contributed by atoms with Crippen molar-refractivity contribution in [3.8, 4) is 0 Å². The molecule has 4 heteroatoms. The van der Waals surface area contributed by atoms with Gasteiger partial charge in [-0.25, -0.2) is 0 Å². The van der Waals surface area contributed by atoms with Gasteiger partial charge in [0.1, 0.15) is 0 Å². The van der Waals surface area contributed by atoms with Gasteiger partial charge in [0.05, 0.1) is 4.88 Å². The van der Waals surface area contributed by atoms with Crippen LogP contribution in [-0.4, -0.2) is 23.9 Å². The molecular formula is C17H24N2OS. The molecule has 4 bridgehead atoms. The van der Waals surface area contributed by atoms with E-state index in [1.807, 2.05) is 20.0 Å². The third-order valence-corrected chi connectivity index (χ3v) is 7.17. The van der Waals surface area contributed by atoms with Crippen molar-refractivity contribution < 1.29 is 4.79 Å². The first-order valence-corrected chi connectivity index (χ1v) is 8.97. The number of nitrogens with zero attached hydrogens (tertiary/aromatic N) is 1. The van der Waals surface area contributed by atoms with E-state index in [1.54, 1.807) is 0 Å². The molecule has 0 aromatic carbocycles. The average molecular weight is 304 g/mol. The van der Waals surface area contributed by atoms with E-state index in [9.17, 15) is 4.79 Å². The summed E-state index contributed by atoms with van der Waals surface area (Å²) in [5.74, 6) is 3.57. The molecule has 0 atom stereocenters. The van der Waals surface area contributed by atoms with Gasteiger partial charge >= 0.3 is 0 Å². The Morgan fingerprint density at radius 2 is 1.76 bits per heavy atom. The summed E-state index contributed by atoms with van der Waals surface area (Å²) in [5, 5.41) is 0. The highest BCUT2D eigenvalue weighted by Crippen LogP contribution is 2.55. The molecule has 21 heavy (non-hydrogen) atoms. The number of hydrogen-bond donors (Lipinski definition) is 1. The Balaban J connectivity index is 1.57.